The Hall–Kier alpha value is -3.28. The van der Waals surface area contributed by atoms with E-state index in [9.17, 15) is 0 Å². The van der Waals surface area contributed by atoms with Crippen molar-refractivity contribution < 1.29 is 19.0 Å². The number of piperazine rings is 1. The minimum Gasteiger partial charge on any atom is -0.477 e. The second kappa shape index (κ2) is 14.3. The fourth-order valence-corrected chi connectivity index (χ4v) is 7.48. The molecule has 0 N–H and O–H groups in total. The highest BCUT2D eigenvalue weighted by Crippen LogP contribution is 2.54. The van der Waals surface area contributed by atoms with Gasteiger partial charge in [-0.2, -0.15) is 4.98 Å². The third-order valence-corrected chi connectivity index (χ3v) is 10.9. The van der Waals surface area contributed by atoms with Crippen LogP contribution in [0.2, 0.25) is 10.0 Å². The van der Waals surface area contributed by atoms with Gasteiger partial charge in [0.2, 0.25) is 5.88 Å². The van der Waals surface area contributed by atoms with E-state index in [0.717, 1.165) is 37.2 Å². The zero-order valence-corrected chi connectivity index (χ0v) is 32.5. The second-order valence-corrected chi connectivity index (χ2v) is 16.2. The molecule has 0 unspecified atom stereocenters. The number of carbonyl (C=O) groups is 1. The highest BCUT2D eigenvalue weighted by molar-refractivity contribution is 6.30. The summed E-state index contributed by atoms with van der Waals surface area (Å²) in [7, 11) is 0. The van der Waals surface area contributed by atoms with Gasteiger partial charge in [-0.1, -0.05) is 68.2 Å². The molecule has 3 aliphatic heterocycles. The number of rotatable bonds is 8. The summed E-state index contributed by atoms with van der Waals surface area (Å²) in [6, 6.07) is 15.2. The summed E-state index contributed by atoms with van der Waals surface area (Å²) < 4.78 is 18.0. The maximum atomic E-state index is 15.2. The molecule has 6 rings (SSSR count). The van der Waals surface area contributed by atoms with Crippen molar-refractivity contribution in [3.05, 3.63) is 87.3 Å². The number of nitrogens with zero attached hydrogens (tertiary/aromatic N) is 6. The van der Waals surface area contributed by atoms with Crippen LogP contribution >= 0.6 is 23.2 Å². The molecule has 3 aromatic rings. The molecule has 2 aromatic carbocycles. The van der Waals surface area contributed by atoms with Crippen LogP contribution in [0.3, 0.4) is 0 Å². The number of aromatic nitrogens is 2. The van der Waals surface area contributed by atoms with E-state index in [1.807, 2.05) is 79.1 Å². The molecule has 0 bridgehead atoms. The van der Waals surface area contributed by atoms with E-state index in [1.165, 1.54) is 0 Å². The summed E-state index contributed by atoms with van der Waals surface area (Å²) in [6.45, 7) is 20.6. The van der Waals surface area contributed by atoms with E-state index in [1.54, 1.807) is 6.20 Å². The molecule has 0 radical (unpaired) electrons. The van der Waals surface area contributed by atoms with Crippen molar-refractivity contribution in [2.75, 3.05) is 45.9 Å². The Morgan fingerprint density at radius 3 is 2.10 bits per heavy atom. The average molecular weight is 738 g/mol. The molecule has 10 nitrogen and oxygen atoms in total. The van der Waals surface area contributed by atoms with Crippen LogP contribution in [-0.2, 0) is 26.0 Å². The lowest BCUT2D eigenvalue weighted by atomic mass is 9.71. The lowest BCUT2D eigenvalue weighted by Gasteiger charge is -2.47. The Balaban J connectivity index is 1.42. The summed E-state index contributed by atoms with van der Waals surface area (Å²) in [4.78, 5) is 36.6. The largest absolute Gasteiger partial charge is 0.477 e. The van der Waals surface area contributed by atoms with E-state index in [0.29, 0.717) is 59.5 Å². The quantitative estimate of drug-likeness (QED) is 0.235. The number of ether oxygens (including phenoxy) is 3. The molecule has 0 saturated carbocycles. The van der Waals surface area contributed by atoms with Crippen LogP contribution in [0.5, 0.6) is 5.88 Å². The average Bonchev–Trinajstić information content (AvgIpc) is 3.57. The van der Waals surface area contributed by atoms with Crippen LogP contribution in [0.15, 0.2) is 59.7 Å². The molecule has 3 aliphatic rings. The van der Waals surface area contributed by atoms with Gasteiger partial charge in [0.25, 0.3) is 0 Å². The van der Waals surface area contributed by atoms with Gasteiger partial charge in [-0.05, 0) is 76.4 Å². The third-order valence-electron chi connectivity index (χ3n) is 10.4. The molecular formula is C39H50Cl2N6O4. The summed E-state index contributed by atoms with van der Waals surface area (Å²) in [5.41, 5.74) is 0.0154. The fraction of sp³-hybridized carbons (Fsp3) is 0.538. The van der Waals surface area contributed by atoms with E-state index in [4.69, 9.17) is 52.4 Å². The highest BCUT2D eigenvalue weighted by Gasteiger charge is 2.60. The van der Waals surface area contributed by atoms with Crippen molar-refractivity contribution >= 4 is 35.1 Å². The number of carbonyl (C=O) groups excluding carboxylic acids is 1. The van der Waals surface area contributed by atoms with Crippen molar-refractivity contribution in [1.82, 2.24) is 24.7 Å². The Morgan fingerprint density at radius 2 is 1.55 bits per heavy atom. The fourth-order valence-electron chi connectivity index (χ4n) is 7.23. The monoisotopic (exact) mass is 736 g/mol. The van der Waals surface area contributed by atoms with Crippen LogP contribution in [0.25, 0.3) is 0 Å². The van der Waals surface area contributed by atoms with Crippen molar-refractivity contribution in [3.8, 4) is 5.88 Å². The topological polar surface area (TPSA) is 92.6 Å². The van der Waals surface area contributed by atoms with Gasteiger partial charge in [0.1, 0.15) is 22.7 Å². The zero-order valence-electron chi connectivity index (χ0n) is 31.0. The van der Waals surface area contributed by atoms with Gasteiger partial charge in [0.05, 0.1) is 24.9 Å². The minimum absolute atomic E-state index is 0.0695. The predicted molar refractivity (Wildman–Crippen MR) is 201 cm³/mol. The second-order valence-electron chi connectivity index (χ2n) is 15.4. The highest BCUT2D eigenvalue weighted by atomic mass is 35.5. The lowest BCUT2D eigenvalue weighted by molar-refractivity contribution is -0.139. The SMILES string of the molecule is CCOc1nc(C(C)(C)C)ncc1C1=N[C@@](C)(c2ccc(Cl)cc2)[C@](C)(c2ccc(Cl)cc2)N1C(=O)N1CCN(CC[C@@H]2COC(C)(C)O2)CC1. The predicted octanol–water partition coefficient (Wildman–Crippen LogP) is 7.65. The van der Waals surface area contributed by atoms with E-state index >= 15 is 4.79 Å². The van der Waals surface area contributed by atoms with Crippen LogP contribution < -0.4 is 4.74 Å². The van der Waals surface area contributed by atoms with E-state index in [2.05, 4.69) is 39.5 Å². The van der Waals surface area contributed by atoms with Crippen molar-refractivity contribution in [2.24, 2.45) is 4.99 Å². The molecule has 274 valence electrons. The van der Waals surface area contributed by atoms with Gasteiger partial charge in [0, 0.05) is 54.4 Å². The first kappa shape index (κ1) is 37.5. The van der Waals surface area contributed by atoms with E-state index in [-0.39, 0.29) is 17.6 Å². The number of aliphatic imine (C=N–C) groups is 1. The van der Waals surface area contributed by atoms with E-state index < -0.39 is 16.9 Å². The Kier molecular flexibility index (Phi) is 10.5. The summed E-state index contributed by atoms with van der Waals surface area (Å²) in [5, 5.41) is 1.22. The van der Waals surface area contributed by atoms with Gasteiger partial charge in [0.15, 0.2) is 5.79 Å². The van der Waals surface area contributed by atoms with Gasteiger partial charge in [-0.25, -0.2) is 9.78 Å². The van der Waals surface area contributed by atoms with Crippen molar-refractivity contribution in [3.63, 3.8) is 0 Å². The first-order valence-electron chi connectivity index (χ1n) is 17.8. The molecule has 2 fully saturated rings. The van der Waals surface area contributed by atoms with Crippen LogP contribution in [0, 0.1) is 0 Å². The Labute approximate surface area is 312 Å². The summed E-state index contributed by atoms with van der Waals surface area (Å²) in [6.07, 6.45) is 2.70. The van der Waals surface area contributed by atoms with Crippen molar-refractivity contribution in [1.29, 1.82) is 0 Å². The Morgan fingerprint density at radius 1 is 0.941 bits per heavy atom. The Bertz CT molecular complexity index is 1750. The molecule has 2 amide bonds. The van der Waals surface area contributed by atoms with Crippen LogP contribution in [0.4, 0.5) is 4.79 Å². The molecule has 2 saturated heterocycles. The first-order chi connectivity index (χ1) is 24.1. The number of urea groups is 1. The smallest absolute Gasteiger partial charge is 0.326 e. The molecule has 12 heteroatoms. The number of hydrogen-bond acceptors (Lipinski definition) is 8. The molecule has 3 atom stereocenters. The molecule has 0 aliphatic carbocycles. The summed E-state index contributed by atoms with van der Waals surface area (Å²) >= 11 is 12.8. The van der Waals surface area contributed by atoms with Gasteiger partial charge in [-0.3, -0.25) is 14.8 Å². The maximum Gasteiger partial charge on any atom is 0.326 e. The van der Waals surface area contributed by atoms with Crippen LogP contribution in [-0.4, -0.2) is 94.4 Å². The van der Waals surface area contributed by atoms with Crippen molar-refractivity contribution in [2.45, 2.75) is 90.2 Å². The standard InChI is InChI=1S/C39H50Cl2N6O4/c1-9-49-33-31(24-42-34(43-33)36(2,3)4)32-44-38(7,26-10-14-28(40)15-11-26)39(8,27-12-16-29(41)17-13-27)47(32)35(48)46-22-20-45(21-23-46)19-18-30-25-50-37(5,6)51-30/h10-17,24,30H,9,18-23,25H2,1-8H3/t30-,38+,39+/m1/s1. The lowest BCUT2D eigenvalue weighted by Crippen LogP contribution is -2.60. The summed E-state index contributed by atoms with van der Waals surface area (Å²) in [5.74, 6) is 0.935. The number of halogens is 2. The molecule has 1 aromatic heterocycles. The van der Waals surface area contributed by atoms with Gasteiger partial charge >= 0.3 is 6.03 Å². The zero-order chi connectivity index (χ0) is 36.8. The first-order valence-corrected chi connectivity index (χ1v) is 18.6. The molecule has 0 spiro atoms. The third kappa shape index (κ3) is 7.35. The number of hydrogen-bond donors (Lipinski definition) is 0. The molecular weight excluding hydrogens is 687 g/mol. The number of amides is 2. The molecule has 4 heterocycles. The maximum absolute atomic E-state index is 15.2. The number of amidine groups is 1. The minimum atomic E-state index is -1.02. The van der Waals surface area contributed by atoms with Crippen LogP contribution in [0.1, 0.15) is 84.3 Å². The number of benzene rings is 2. The van der Waals surface area contributed by atoms with Gasteiger partial charge < -0.3 is 19.1 Å². The normalized spacial score (nSPS) is 25.3. The van der Waals surface area contributed by atoms with Gasteiger partial charge in [-0.15, -0.1) is 0 Å². The molecule has 51 heavy (non-hydrogen) atoms.